The SMILES string of the molecule is CN1CC[C@@H](NC(=O)c2cc3ccccc3n2C)C[C@@H]1c1nc2ccccc2[nH]1.O=C(O)C(F)(F)F. The molecule has 5 rings (SSSR count). The molecule has 11 heteroatoms. The largest absolute Gasteiger partial charge is 0.490 e. The number of hydrogen-bond donors (Lipinski definition) is 3. The highest BCUT2D eigenvalue weighted by molar-refractivity contribution is 5.98. The van der Waals surface area contributed by atoms with Gasteiger partial charge < -0.3 is 20.0 Å². The van der Waals surface area contributed by atoms with Crippen LogP contribution in [-0.4, -0.2) is 62.2 Å². The van der Waals surface area contributed by atoms with Crippen molar-refractivity contribution >= 4 is 33.8 Å². The van der Waals surface area contributed by atoms with Gasteiger partial charge >= 0.3 is 12.1 Å². The predicted octanol–water partition coefficient (Wildman–Crippen LogP) is 4.25. The Labute approximate surface area is 204 Å². The summed E-state index contributed by atoms with van der Waals surface area (Å²) in [5, 5.41) is 11.5. The van der Waals surface area contributed by atoms with Crippen LogP contribution in [0.4, 0.5) is 13.2 Å². The van der Waals surface area contributed by atoms with Crippen LogP contribution in [0.25, 0.3) is 21.9 Å². The molecule has 1 aliphatic rings. The van der Waals surface area contributed by atoms with Crippen LogP contribution >= 0.6 is 0 Å². The molecule has 0 spiro atoms. The van der Waals surface area contributed by atoms with Gasteiger partial charge in [0.05, 0.1) is 17.1 Å². The lowest BCUT2D eigenvalue weighted by Gasteiger charge is -2.36. The van der Waals surface area contributed by atoms with Crippen LogP contribution in [0.3, 0.4) is 0 Å². The third kappa shape index (κ3) is 5.35. The van der Waals surface area contributed by atoms with Crippen molar-refractivity contribution in [3.05, 3.63) is 66.1 Å². The molecule has 1 aliphatic heterocycles. The number of likely N-dealkylation sites (tertiary alicyclic amines) is 1. The van der Waals surface area contributed by atoms with Crippen LogP contribution < -0.4 is 5.32 Å². The Morgan fingerprint density at radius 2 is 1.78 bits per heavy atom. The molecule has 1 saturated heterocycles. The summed E-state index contributed by atoms with van der Waals surface area (Å²) in [5.74, 6) is -1.80. The number of carboxylic acids is 1. The van der Waals surface area contributed by atoms with Gasteiger partial charge in [0, 0.05) is 30.5 Å². The first-order valence-corrected chi connectivity index (χ1v) is 11.3. The first-order valence-electron chi connectivity index (χ1n) is 11.3. The summed E-state index contributed by atoms with van der Waals surface area (Å²) < 4.78 is 33.7. The molecule has 36 heavy (non-hydrogen) atoms. The second-order valence-corrected chi connectivity index (χ2v) is 8.78. The molecular formula is C25H26F3N5O3. The summed E-state index contributed by atoms with van der Waals surface area (Å²) in [6.45, 7) is 0.918. The number of hydrogen-bond acceptors (Lipinski definition) is 4. The number of carbonyl (C=O) groups is 2. The van der Waals surface area contributed by atoms with Crippen molar-refractivity contribution in [3.8, 4) is 0 Å². The number of benzene rings is 2. The number of alkyl halides is 3. The fourth-order valence-corrected chi connectivity index (χ4v) is 4.43. The highest BCUT2D eigenvalue weighted by Gasteiger charge is 2.38. The number of fused-ring (bicyclic) bond motifs is 2. The van der Waals surface area contributed by atoms with Crippen molar-refractivity contribution in [1.82, 2.24) is 24.8 Å². The van der Waals surface area contributed by atoms with Gasteiger partial charge in [-0.2, -0.15) is 13.2 Å². The van der Waals surface area contributed by atoms with Crippen molar-refractivity contribution < 1.29 is 27.9 Å². The van der Waals surface area contributed by atoms with E-state index in [2.05, 4.69) is 22.2 Å². The van der Waals surface area contributed by atoms with E-state index < -0.39 is 12.1 Å². The number of aliphatic carboxylic acids is 1. The summed E-state index contributed by atoms with van der Waals surface area (Å²) in [4.78, 5) is 32.5. The van der Waals surface area contributed by atoms with E-state index in [-0.39, 0.29) is 18.0 Å². The van der Waals surface area contributed by atoms with Gasteiger partial charge in [-0.15, -0.1) is 0 Å². The number of imidazole rings is 1. The van der Waals surface area contributed by atoms with Gasteiger partial charge in [-0.05, 0) is 44.2 Å². The van der Waals surface area contributed by atoms with Gasteiger partial charge in [0.1, 0.15) is 11.5 Å². The van der Waals surface area contributed by atoms with E-state index in [0.717, 1.165) is 47.1 Å². The number of para-hydroxylation sites is 3. The lowest BCUT2D eigenvalue weighted by Crippen LogP contribution is -2.45. The number of nitrogens with zero attached hydrogens (tertiary/aromatic N) is 3. The minimum absolute atomic E-state index is 0.0124. The van der Waals surface area contributed by atoms with Gasteiger partial charge in [-0.3, -0.25) is 9.69 Å². The Kier molecular flexibility index (Phi) is 7.02. The Balaban J connectivity index is 0.000000384. The molecule has 2 aromatic heterocycles. The summed E-state index contributed by atoms with van der Waals surface area (Å²) >= 11 is 0. The summed E-state index contributed by atoms with van der Waals surface area (Å²) in [5.41, 5.74) is 3.81. The third-order valence-electron chi connectivity index (χ3n) is 6.36. The van der Waals surface area contributed by atoms with E-state index in [1.54, 1.807) is 0 Å². The van der Waals surface area contributed by atoms with E-state index in [0.29, 0.717) is 5.69 Å². The first kappa shape index (κ1) is 25.2. The van der Waals surface area contributed by atoms with Gasteiger partial charge in [-0.25, -0.2) is 9.78 Å². The summed E-state index contributed by atoms with van der Waals surface area (Å²) in [7, 11) is 4.07. The van der Waals surface area contributed by atoms with Crippen LogP contribution in [0.1, 0.15) is 35.2 Å². The number of halogens is 3. The fourth-order valence-electron chi connectivity index (χ4n) is 4.43. The van der Waals surface area contributed by atoms with E-state index in [1.807, 2.05) is 66.2 Å². The third-order valence-corrected chi connectivity index (χ3v) is 6.36. The molecule has 2 atom stereocenters. The molecule has 3 N–H and O–H groups in total. The molecule has 0 saturated carbocycles. The van der Waals surface area contributed by atoms with Crippen LogP contribution in [-0.2, 0) is 11.8 Å². The van der Waals surface area contributed by atoms with Crippen molar-refractivity contribution in [1.29, 1.82) is 0 Å². The second-order valence-electron chi connectivity index (χ2n) is 8.78. The molecular weight excluding hydrogens is 475 g/mol. The smallest absolute Gasteiger partial charge is 0.475 e. The zero-order valence-electron chi connectivity index (χ0n) is 19.7. The summed E-state index contributed by atoms with van der Waals surface area (Å²) in [6.07, 6.45) is -3.31. The zero-order chi connectivity index (χ0) is 26.0. The molecule has 190 valence electrons. The maximum absolute atomic E-state index is 13.0. The molecule has 3 heterocycles. The van der Waals surface area contributed by atoms with Crippen LogP contribution in [0.5, 0.6) is 0 Å². The molecule has 0 aliphatic carbocycles. The minimum atomic E-state index is -5.08. The monoisotopic (exact) mass is 501 g/mol. The van der Waals surface area contributed by atoms with Crippen molar-refractivity contribution in [2.24, 2.45) is 7.05 Å². The van der Waals surface area contributed by atoms with Gasteiger partial charge in [0.25, 0.3) is 5.91 Å². The average Bonchev–Trinajstić information content (AvgIpc) is 3.41. The minimum Gasteiger partial charge on any atom is -0.475 e. The molecule has 0 bridgehead atoms. The van der Waals surface area contributed by atoms with E-state index in [9.17, 15) is 18.0 Å². The normalized spacial score (nSPS) is 18.6. The molecule has 0 unspecified atom stereocenters. The Hall–Kier alpha value is -3.86. The van der Waals surface area contributed by atoms with Crippen molar-refractivity contribution in [2.45, 2.75) is 31.1 Å². The number of aryl methyl sites for hydroxylation is 1. The number of rotatable bonds is 3. The van der Waals surface area contributed by atoms with E-state index in [4.69, 9.17) is 14.9 Å². The highest BCUT2D eigenvalue weighted by Crippen LogP contribution is 2.30. The first-order chi connectivity index (χ1) is 17.0. The van der Waals surface area contributed by atoms with Crippen LogP contribution in [0.15, 0.2) is 54.6 Å². The highest BCUT2D eigenvalue weighted by atomic mass is 19.4. The van der Waals surface area contributed by atoms with Gasteiger partial charge in [-0.1, -0.05) is 30.3 Å². The molecule has 0 radical (unpaired) electrons. The van der Waals surface area contributed by atoms with Crippen molar-refractivity contribution in [3.63, 3.8) is 0 Å². The summed E-state index contributed by atoms with van der Waals surface area (Å²) in [6, 6.07) is 18.4. The topological polar surface area (TPSA) is 103 Å². The van der Waals surface area contributed by atoms with E-state index >= 15 is 0 Å². The lowest BCUT2D eigenvalue weighted by molar-refractivity contribution is -0.192. The quantitative estimate of drug-likeness (QED) is 0.390. The Morgan fingerprint density at radius 1 is 1.11 bits per heavy atom. The van der Waals surface area contributed by atoms with Crippen LogP contribution in [0.2, 0.25) is 0 Å². The van der Waals surface area contributed by atoms with Gasteiger partial charge in [0.15, 0.2) is 0 Å². The zero-order valence-corrected chi connectivity index (χ0v) is 19.7. The number of amides is 1. The molecule has 8 nitrogen and oxygen atoms in total. The van der Waals surface area contributed by atoms with Gasteiger partial charge in [0.2, 0.25) is 0 Å². The molecule has 2 aromatic carbocycles. The predicted molar refractivity (Wildman–Crippen MR) is 129 cm³/mol. The molecule has 4 aromatic rings. The van der Waals surface area contributed by atoms with Crippen molar-refractivity contribution in [2.75, 3.05) is 13.6 Å². The standard InChI is InChI=1S/C23H25N5O.C2HF3O2/c1-27-12-11-16(14-20(27)22-25-17-8-4-5-9-18(17)26-22)24-23(29)21-13-15-7-3-6-10-19(15)28(21)2;3-2(4,5)1(6)7/h3-10,13,16,20H,11-12,14H2,1-2H3,(H,24,29)(H,25,26);(H,6,7)/t16-,20-;/m1./s1. The number of aromatic amines is 1. The number of piperidine rings is 1. The number of carbonyl (C=O) groups excluding carboxylic acids is 1. The number of aromatic nitrogens is 3. The van der Waals surface area contributed by atoms with Crippen LogP contribution in [0, 0.1) is 0 Å². The molecule has 1 amide bonds. The molecule has 1 fully saturated rings. The lowest BCUT2D eigenvalue weighted by atomic mass is 9.97. The second kappa shape index (κ2) is 10.0. The Morgan fingerprint density at radius 3 is 2.44 bits per heavy atom. The maximum atomic E-state index is 13.0. The maximum Gasteiger partial charge on any atom is 0.490 e. The number of carboxylic acid groups (broad SMARTS) is 1. The number of H-pyrrole nitrogens is 1. The fraction of sp³-hybridized carbons (Fsp3) is 0.320. The Bertz CT molecular complexity index is 1360. The number of nitrogens with one attached hydrogen (secondary N) is 2. The van der Waals surface area contributed by atoms with E-state index in [1.165, 1.54) is 0 Å². The average molecular weight is 502 g/mol.